The molecule has 0 unspecified atom stereocenters. The number of allylic oxidation sites excluding steroid dienone is 1. The van der Waals surface area contributed by atoms with Gasteiger partial charge in [-0.15, -0.1) is 12.6 Å². The number of rotatable bonds is 3. The van der Waals surface area contributed by atoms with Gasteiger partial charge in [-0.1, -0.05) is 6.58 Å². The molecule has 11 heavy (non-hydrogen) atoms. The monoisotopic (exact) mass is 172 g/mol. The lowest BCUT2D eigenvalue weighted by Gasteiger charge is -2.04. The zero-order chi connectivity index (χ0) is 8.69. The van der Waals surface area contributed by atoms with Gasteiger partial charge in [-0.2, -0.15) is 0 Å². The van der Waals surface area contributed by atoms with Crippen molar-refractivity contribution in [3.05, 3.63) is 23.8 Å². The molecule has 2 amide bonds. The van der Waals surface area contributed by atoms with Gasteiger partial charge in [0.1, 0.15) is 0 Å². The van der Waals surface area contributed by atoms with Crippen molar-refractivity contribution in [3.8, 4) is 0 Å². The fraction of sp³-hybridized carbons (Fsp3) is 0.286. The fourth-order valence-corrected chi connectivity index (χ4v) is 0.642. The van der Waals surface area contributed by atoms with Crippen LogP contribution < -0.4 is 10.6 Å². The average Bonchev–Trinajstić information content (AvgIpc) is 2.01. The topological polar surface area (TPSA) is 41.1 Å². The number of urea groups is 1. The molecule has 0 fully saturated rings. The van der Waals surface area contributed by atoms with Crippen LogP contribution in [0.3, 0.4) is 0 Å². The first-order chi connectivity index (χ1) is 5.24. The van der Waals surface area contributed by atoms with Gasteiger partial charge < -0.3 is 10.6 Å². The van der Waals surface area contributed by atoms with Gasteiger partial charge in [0.2, 0.25) is 0 Å². The maximum atomic E-state index is 10.8. The summed E-state index contributed by atoms with van der Waals surface area (Å²) >= 11 is 3.86. The first-order valence-corrected chi connectivity index (χ1v) is 3.77. The predicted molar refractivity (Wildman–Crippen MR) is 49.5 cm³/mol. The molecule has 0 aliphatic carbocycles. The molecule has 0 aliphatic rings. The summed E-state index contributed by atoms with van der Waals surface area (Å²) in [7, 11) is 0. The molecule has 62 valence electrons. The highest BCUT2D eigenvalue weighted by Crippen LogP contribution is 1.91. The van der Waals surface area contributed by atoms with Crippen LogP contribution in [0.1, 0.15) is 6.92 Å². The van der Waals surface area contributed by atoms with Crippen molar-refractivity contribution in [2.45, 2.75) is 6.92 Å². The van der Waals surface area contributed by atoms with E-state index >= 15 is 0 Å². The van der Waals surface area contributed by atoms with Crippen molar-refractivity contribution in [2.75, 3.05) is 6.54 Å². The molecule has 0 aromatic carbocycles. The van der Waals surface area contributed by atoms with E-state index in [1.807, 2.05) is 6.92 Å². The summed E-state index contributed by atoms with van der Waals surface area (Å²) in [5, 5.41) is 6.58. The van der Waals surface area contributed by atoms with Gasteiger partial charge in [-0.3, -0.25) is 0 Å². The van der Waals surface area contributed by atoms with E-state index in [0.29, 0.717) is 12.2 Å². The van der Waals surface area contributed by atoms with Crippen LogP contribution in [0.15, 0.2) is 23.8 Å². The summed E-state index contributed by atoms with van der Waals surface area (Å²) in [5.74, 6) is 0. The summed E-state index contributed by atoms with van der Waals surface area (Å²) in [6.45, 7) is 5.93. The van der Waals surface area contributed by atoms with Gasteiger partial charge in [0.25, 0.3) is 0 Å². The molecule has 0 rings (SSSR count). The van der Waals surface area contributed by atoms with Crippen molar-refractivity contribution >= 4 is 18.7 Å². The second kappa shape index (κ2) is 5.85. The number of amides is 2. The molecule has 2 N–H and O–H groups in total. The SMILES string of the molecule is C=C/C(=C\S)NC(=O)NCC. The lowest BCUT2D eigenvalue weighted by molar-refractivity contribution is 0.244. The number of thiol groups is 1. The lowest BCUT2D eigenvalue weighted by Crippen LogP contribution is -2.34. The Morgan fingerprint density at radius 2 is 2.36 bits per heavy atom. The van der Waals surface area contributed by atoms with Crippen LogP contribution in [0, 0.1) is 0 Å². The Bertz CT molecular complexity index is 177. The zero-order valence-electron chi connectivity index (χ0n) is 6.42. The van der Waals surface area contributed by atoms with Crippen LogP contribution in [0.25, 0.3) is 0 Å². The van der Waals surface area contributed by atoms with E-state index < -0.39 is 0 Å². The number of hydrogen-bond acceptors (Lipinski definition) is 2. The molecular formula is C7H12N2OS. The standard InChI is InChI=1S/C7H12N2OS/c1-3-6(5-11)9-7(10)8-4-2/h3,5,11H,1,4H2,2H3,(H2,8,9,10)/b6-5+. The van der Waals surface area contributed by atoms with Crippen LogP contribution in [0.2, 0.25) is 0 Å². The third kappa shape index (κ3) is 4.50. The van der Waals surface area contributed by atoms with E-state index in [0.717, 1.165) is 0 Å². The maximum Gasteiger partial charge on any atom is 0.319 e. The Labute approximate surface area is 72.0 Å². The number of carbonyl (C=O) groups excluding carboxylic acids is 1. The van der Waals surface area contributed by atoms with Crippen molar-refractivity contribution in [2.24, 2.45) is 0 Å². The van der Waals surface area contributed by atoms with Crippen LogP contribution in [-0.2, 0) is 0 Å². The molecule has 0 aliphatic heterocycles. The Hall–Kier alpha value is -0.900. The molecule has 0 spiro atoms. The molecule has 0 aromatic rings. The van der Waals surface area contributed by atoms with Crippen molar-refractivity contribution in [1.29, 1.82) is 0 Å². The summed E-state index contributed by atoms with van der Waals surface area (Å²) in [4.78, 5) is 10.8. The highest BCUT2D eigenvalue weighted by molar-refractivity contribution is 7.83. The smallest absolute Gasteiger partial charge is 0.319 e. The maximum absolute atomic E-state index is 10.8. The van der Waals surface area contributed by atoms with E-state index in [1.165, 1.54) is 11.5 Å². The minimum atomic E-state index is -0.243. The molecule has 4 heteroatoms. The Balaban J connectivity index is 3.82. The fourth-order valence-electron chi connectivity index (χ4n) is 0.472. The lowest BCUT2D eigenvalue weighted by atomic mass is 10.5. The van der Waals surface area contributed by atoms with Crippen LogP contribution in [0.4, 0.5) is 4.79 Å². The molecule has 0 radical (unpaired) electrons. The van der Waals surface area contributed by atoms with Crippen LogP contribution >= 0.6 is 12.6 Å². The average molecular weight is 172 g/mol. The van der Waals surface area contributed by atoms with Crippen molar-refractivity contribution < 1.29 is 4.79 Å². The second-order valence-electron chi connectivity index (χ2n) is 1.77. The van der Waals surface area contributed by atoms with E-state index in [2.05, 4.69) is 29.8 Å². The number of hydrogen-bond donors (Lipinski definition) is 3. The minimum absolute atomic E-state index is 0.243. The molecule has 0 atom stereocenters. The normalized spacial score (nSPS) is 10.5. The van der Waals surface area contributed by atoms with Gasteiger partial charge in [-0.05, 0) is 18.4 Å². The summed E-state index contributed by atoms with van der Waals surface area (Å²) < 4.78 is 0. The molecule has 3 nitrogen and oxygen atoms in total. The van der Waals surface area contributed by atoms with Gasteiger partial charge in [0, 0.05) is 12.2 Å². The van der Waals surface area contributed by atoms with Crippen molar-refractivity contribution in [1.82, 2.24) is 10.6 Å². The van der Waals surface area contributed by atoms with Crippen LogP contribution in [0.5, 0.6) is 0 Å². The van der Waals surface area contributed by atoms with E-state index in [9.17, 15) is 4.79 Å². The first kappa shape index (κ1) is 10.1. The molecule has 0 bridgehead atoms. The van der Waals surface area contributed by atoms with E-state index in [4.69, 9.17) is 0 Å². The Morgan fingerprint density at radius 1 is 1.73 bits per heavy atom. The summed E-state index contributed by atoms with van der Waals surface area (Å²) in [6.07, 6.45) is 1.52. The predicted octanol–water partition coefficient (Wildman–Crippen LogP) is 1.26. The Kier molecular flexibility index (Phi) is 5.37. The molecular weight excluding hydrogens is 160 g/mol. The number of carbonyl (C=O) groups is 1. The second-order valence-corrected chi connectivity index (χ2v) is 2.03. The van der Waals surface area contributed by atoms with Crippen molar-refractivity contribution in [3.63, 3.8) is 0 Å². The molecule has 0 aromatic heterocycles. The third-order valence-corrected chi connectivity index (χ3v) is 1.23. The molecule has 0 heterocycles. The number of nitrogens with one attached hydrogen (secondary N) is 2. The van der Waals surface area contributed by atoms with Crippen LogP contribution in [-0.4, -0.2) is 12.6 Å². The van der Waals surface area contributed by atoms with E-state index in [-0.39, 0.29) is 6.03 Å². The summed E-state index contributed by atoms with van der Waals surface area (Å²) in [5.41, 5.74) is 0.583. The largest absolute Gasteiger partial charge is 0.338 e. The van der Waals surface area contributed by atoms with Gasteiger partial charge in [0.15, 0.2) is 0 Å². The van der Waals surface area contributed by atoms with E-state index in [1.54, 1.807) is 0 Å². The molecule has 0 saturated heterocycles. The van der Waals surface area contributed by atoms with Gasteiger partial charge in [0.05, 0.1) is 0 Å². The highest BCUT2D eigenvalue weighted by atomic mass is 32.1. The first-order valence-electron chi connectivity index (χ1n) is 3.26. The quantitative estimate of drug-likeness (QED) is 0.435. The minimum Gasteiger partial charge on any atom is -0.338 e. The zero-order valence-corrected chi connectivity index (χ0v) is 7.32. The Morgan fingerprint density at radius 3 is 2.73 bits per heavy atom. The highest BCUT2D eigenvalue weighted by Gasteiger charge is 1.96. The van der Waals surface area contributed by atoms with Gasteiger partial charge >= 0.3 is 6.03 Å². The third-order valence-electron chi connectivity index (χ3n) is 0.954. The van der Waals surface area contributed by atoms with Gasteiger partial charge in [-0.25, -0.2) is 4.79 Å². The summed E-state index contributed by atoms with van der Waals surface area (Å²) in [6, 6.07) is -0.243. The molecule has 0 saturated carbocycles.